The van der Waals surface area contributed by atoms with Gasteiger partial charge in [-0.15, -0.1) is 0 Å². The van der Waals surface area contributed by atoms with Crippen LogP contribution in [-0.2, 0) is 0 Å². The third-order valence-electron chi connectivity index (χ3n) is 3.09. The maximum Gasteiger partial charge on any atom is 0.0737 e. The van der Waals surface area contributed by atoms with Crippen molar-refractivity contribution < 1.29 is 0 Å². The third-order valence-corrected chi connectivity index (χ3v) is 3.32. The van der Waals surface area contributed by atoms with Crippen molar-refractivity contribution in [1.82, 2.24) is 4.98 Å². The van der Waals surface area contributed by atoms with E-state index in [0.29, 0.717) is 12.0 Å². The highest BCUT2D eigenvalue weighted by molar-refractivity contribution is 6.31. The Balaban J connectivity index is 2.41. The summed E-state index contributed by atoms with van der Waals surface area (Å²) >= 11 is 5.97. The van der Waals surface area contributed by atoms with Gasteiger partial charge in [0.1, 0.15) is 0 Å². The van der Waals surface area contributed by atoms with E-state index in [1.165, 1.54) is 0 Å². The van der Waals surface area contributed by atoms with Crippen molar-refractivity contribution in [3.63, 3.8) is 0 Å². The first kappa shape index (κ1) is 12.2. The number of rotatable bonds is 3. The molecule has 0 saturated carbocycles. The molecule has 1 atom stereocenters. The Bertz CT molecular complexity index is 523. The zero-order chi connectivity index (χ0) is 12.4. The Morgan fingerprint density at radius 1 is 1.18 bits per heavy atom. The normalized spacial score (nSPS) is 13.0. The second kappa shape index (κ2) is 4.92. The molecule has 0 bridgehead atoms. The second-order valence-corrected chi connectivity index (χ2v) is 5.13. The van der Waals surface area contributed by atoms with Gasteiger partial charge in [0.2, 0.25) is 0 Å². The fraction of sp³-hybridized carbons (Fsp3) is 0.357. The van der Waals surface area contributed by atoms with Crippen molar-refractivity contribution in [2.24, 2.45) is 5.92 Å². The molecule has 2 aromatic rings. The molecule has 90 valence electrons. The topological polar surface area (TPSA) is 24.9 Å². The van der Waals surface area contributed by atoms with Crippen LogP contribution in [0.4, 0.5) is 5.69 Å². The van der Waals surface area contributed by atoms with Crippen LogP contribution in [0.25, 0.3) is 10.9 Å². The van der Waals surface area contributed by atoms with Gasteiger partial charge in [-0.25, -0.2) is 0 Å². The fourth-order valence-corrected chi connectivity index (χ4v) is 1.83. The highest BCUT2D eigenvalue weighted by Crippen LogP contribution is 2.25. The van der Waals surface area contributed by atoms with Crippen LogP contribution in [0.1, 0.15) is 20.8 Å². The van der Waals surface area contributed by atoms with E-state index in [-0.39, 0.29) is 0 Å². The van der Waals surface area contributed by atoms with Crippen molar-refractivity contribution in [2.75, 3.05) is 5.32 Å². The molecule has 0 aliphatic rings. The molecule has 0 fully saturated rings. The molecule has 1 heterocycles. The second-order valence-electron chi connectivity index (χ2n) is 4.70. The van der Waals surface area contributed by atoms with Crippen LogP contribution in [0.5, 0.6) is 0 Å². The van der Waals surface area contributed by atoms with Gasteiger partial charge in [-0.2, -0.15) is 0 Å². The van der Waals surface area contributed by atoms with E-state index >= 15 is 0 Å². The highest BCUT2D eigenvalue weighted by Gasteiger charge is 2.09. The van der Waals surface area contributed by atoms with Gasteiger partial charge in [0.05, 0.1) is 5.52 Å². The number of fused-ring (bicyclic) bond motifs is 1. The fourth-order valence-electron chi connectivity index (χ4n) is 1.66. The Kier molecular flexibility index (Phi) is 3.53. The Morgan fingerprint density at radius 2 is 1.94 bits per heavy atom. The summed E-state index contributed by atoms with van der Waals surface area (Å²) in [7, 11) is 0. The first-order valence-corrected chi connectivity index (χ1v) is 6.26. The van der Waals surface area contributed by atoms with Gasteiger partial charge in [-0.1, -0.05) is 25.4 Å². The van der Waals surface area contributed by atoms with Crippen LogP contribution in [0, 0.1) is 5.92 Å². The molecule has 0 saturated heterocycles. The summed E-state index contributed by atoms with van der Waals surface area (Å²) in [5.74, 6) is 0.588. The van der Waals surface area contributed by atoms with Crippen LogP contribution in [0.2, 0.25) is 5.02 Å². The lowest BCUT2D eigenvalue weighted by atomic mass is 10.1. The molecule has 0 spiro atoms. The van der Waals surface area contributed by atoms with E-state index in [1.807, 2.05) is 30.5 Å². The summed E-state index contributed by atoms with van der Waals surface area (Å²) < 4.78 is 0. The Labute approximate surface area is 107 Å². The molecule has 17 heavy (non-hydrogen) atoms. The maximum absolute atomic E-state index is 5.97. The summed E-state index contributed by atoms with van der Waals surface area (Å²) in [6.07, 6.45) is 1.81. The quantitative estimate of drug-likeness (QED) is 0.874. The summed E-state index contributed by atoms with van der Waals surface area (Å²) in [6.45, 7) is 6.60. The van der Waals surface area contributed by atoms with Gasteiger partial charge in [0.15, 0.2) is 0 Å². The van der Waals surface area contributed by atoms with E-state index in [0.717, 1.165) is 21.6 Å². The summed E-state index contributed by atoms with van der Waals surface area (Å²) in [4.78, 5) is 4.33. The molecule has 0 aliphatic heterocycles. The monoisotopic (exact) mass is 248 g/mol. The number of nitrogens with one attached hydrogen (secondary N) is 1. The van der Waals surface area contributed by atoms with Crippen LogP contribution in [0.15, 0.2) is 30.5 Å². The molecule has 1 aromatic carbocycles. The molecular formula is C14H17ClN2. The highest BCUT2D eigenvalue weighted by atomic mass is 35.5. The van der Waals surface area contributed by atoms with E-state index < -0.39 is 0 Å². The molecule has 1 N–H and O–H groups in total. The van der Waals surface area contributed by atoms with Gasteiger partial charge < -0.3 is 5.32 Å². The minimum absolute atomic E-state index is 0.427. The molecule has 0 aliphatic carbocycles. The number of aromatic nitrogens is 1. The largest absolute Gasteiger partial charge is 0.382 e. The molecule has 0 amide bonds. The van der Waals surface area contributed by atoms with E-state index in [9.17, 15) is 0 Å². The third kappa shape index (κ3) is 2.70. The summed E-state index contributed by atoms with van der Waals surface area (Å²) in [5, 5.41) is 5.36. The molecule has 3 heteroatoms. The smallest absolute Gasteiger partial charge is 0.0737 e. The lowest BCUT2D eigenvalue weighted by Crippen LogP contribution is -2.21. The Hall–Kier alpha value is -1.28. The lowest BCUT2D eigenvalue weighted by Gasteiger charge is -2.19. The Morgan fingerprint density at radius 3 is 2.65 bits per heavy atom. The van der Waals surface area contributed by atoms with Gasteiger partial charge in [0.25, 0.3) is 0 Å². The maximum atomic E-state index is 5.97. The van der Waals surface area contributed by atoms with Crippen LogP contribution in [-0.4, -0.2) is 11.0 Å². The number of nitrogens with zero attached hydrogens (tertiary/aromatic N) is 1. The zero-order valence-corrected chi connectivity index (χ0v) is 11.1. The first-order valence-electron chi connectivity index (χ1n) is 5.88. The van der Waals surface area contributed by atoms with Crippen molar-refractivity contribution >= 4 is 28.2 Å². The van der Waals surface area contributed by atoms with Gasteiger partial charge in [-0.3, -0.25) is 4.98 Å². The van der Waals surface area contributed by atoms with Crippen molar-refractivity contribution in [3.8, 4) is 0 Å². The SMILES string of the molecule is CC(C)[C@H](C)Nc1ccnc2cc(Cl)ccc12. The predicted molar refractivity (Wildman–Crippen MR) is 74.7 cm³/mol. The standard InChI is InChI=1S/C14H17ClN2/c1-9(2)10(3)17-13-6-7-16-14-8-11(15)4-5-12(13)14/h4-10H,1-3H3,(H,16,17)/t10-/m0/s1. The number of benzene rings is 1. The first-order chi connectivity index (χ1) is 8.08. The van der Waals surface area contributed by atoms with E-state index in [2.05, 4.69) is 31.1 Å². The minimum Gasteiger partial charge on any atom is -0.382 e. The van der Waals surface area contributed by atoms with Crippen LogP contribution < -0.4 is 5.32 Å². The summed E-state index contributed by atoms with van der Waals surface area (Å²) in [6, 6.07) is 8.24. The number of anilines is 1. The average molecular weight is 249 g/mol. The van der Waals surface area contributed by atoms with Crippen molar-refractivity contribution in [1.29, 1.82) is 0 Å². The van der Waals surface area contributed by atoms with Crippen LogP contribution >= 0.6 is 11.6 Å². The van der Waals surface area contributed by atoms with E-state index in [1.54, 1.807) is 0 Å². The molecule has 0 unspecified atom stereocenters. The number of pyridine rings is 1. The van der Waals surface area contributed by atoms with E-state index in [4.69, 9.17) is 11.6 Å². The molecular weight excluding hydrogens is 232 g/mol. The predicted octanol–water partition coefficient (Wildman–Crippen LogP) is 4.34. The number of hydrogen-bond donors (Lipinski definition) is 1. The zero-order valence-electron chi connectivity index (χ0n) is 10.4. The van der Waals surface area contributed by atoms with Gasteiger partial charge >= 0.3 is 0 Å². The molecule has 0 radical (unpaired) electrons. The molecule has 1 aromatic heterocycles. The van der Waals surface area contributed by atoms with Crippen LogP contribution in [0.3, 0.4) is 0 Å². The molecule has 2 rings (SSSR count). The number of hydrogen-bond acceptors (Lipinski definition) is 2. The minimum atomic E-state index is 0.427. The number of halogens is 1. The van der Waals surface area contributed by atoms with Crippen molar-refractivity contribution in [2.45, 2.75) is 26.8 Å². The average Bonchev–Trinajstić information content (AvgIpc) is 2.28. The van der Waals surface area contributed by atoms with Crippen molar-refractivity contribution in [3.05, 3.63) is 35.5 Å². The molecule has 2 nitrogen and oxygen atoms in total. The van der Waals surface area contributed by atoms with Gasteiger partial charge in [-0.05, 0) is 37.1 Å². The van der Waals surface area contributed by atoms with Gasteiger partial charge in [0, 0.05) is 28.3 Å². The lowest BCUT2D eigenvalue weighted by molar-refractivity contribution is 0.560. The summed E-state index contributed by atoms with van der Waals surface area (Å²) in [5.41, 5.74) is 2.05.